The lowest BCUT2D eigenvalue weighted by molar-refractivity contribution is -0.215. The molecule has 0 aromatic heterocycles. The molecule has 0 aliphatic carbocycles. The predicted molar refractivity (Wildman–Crippen MR) is 152 cm³/mol. The predicted octanol–water partition coefficient (Wildman–Crippen LogP) is 1.81. The summed E-state index contributed by atoms with van der Waals surface area (Å²) in [6.45, 7) is 2.25. The Morgan fingerprint density at radius 1 is 0.837 bits per heavy atom. The standard InChI is InChI=1S/C28H32N2O7.C2H2O4/c31-22(19-35-26-7-4-8-27-25(26)13-16-36-37-27)17-29-14-15-30-28(32)20-34-24-11-9-23(10-12-24)33-18-21-5-2-1-3-6-21;3-1(4)2(5)6/h1-12,22,29,31H,13-20H2,(H,30,32);(H,3,4)(H,5,6). The van der Waals surface area contributed by atoms with E-state index in [0.29, 0.717) is 56.5 Å². The normalized spacial score (nSPS) is 12.3. The molecule has 0 saturated heterocycles. The topological polar surface area (TPSA) is 182 Å². The van der Waals surface area contributed by atoms with Gasteiger partial charge in [0, 0.05) is 31.6 Å². The van der Waals surface area contributed by atoms with Gasteiger partial charge in [-0.15, -0.1) is 0 Å². The lowest BCUT2D eigenvalue weighted by atomic mass is 10.1. The van der Waals surface area contributed by atoms with Gasteiger partial charge < -0.3 is 45.1 Å². The molecule has 1 aliphatic heterocycles. The number of hydrogen-bond donors (Lipinski definition) is 5. The molecule has 0 radical (unpaired) electrons. The molecule has 5 N–H and O–H groups in total. The molecule has 43 heavy (non-hydrogen) atoms. The smallest absolute Gasteiger partial charge is 0.414 e. The van der Waals surface area contributed by atoms with Crippen LogP contribution in [0.5, 0.6) is 23.0 Å². The molecule has 0 bridgehead atoms. The number of ether oxygens (including phenoxy) is 3. The van der Waals surface area contributed by atoms with Crippen LogP contribution in [0, 0.1) is 0 Å². The minimum absolute atomic E-state index is 0.0865. The van der Waals surface area contributed by atoms with Gasteiger partial charge in [0.15, 0.2) is 12.4 Å². The molecular formula is C30H34N2O11. The zero-order valence-electron chi connectivity index (χ0n) is 23.3. The minimum Gasteiger partial charge on any atom is -0.490 e. The Bertz CT molecular complexity index is 1290. The van der Waals surface area contributed by atoms with E-state index in [1.165, 1.54) is 0 Å². The number of aliphatic hydroxyl groups is 1. The number of carboxylic acid groups (broad SMARTS) is 2. The SMILES string of the molecule is O=C(COc1ccc(OCc2ccccc2)cc1)NCCNCC(O)COc1cccc2c1CCOO2.O=C(O)C(=O)O. The van der Waals surface area contributed by atoms with E-state index in [9.17, 15) is 9.90 Å². The van der Waals surface area contributed by atoms with Gasteiger partial charge in [0.05, 0.1) is 6.61 Å². The number of amides is 1. The number of carboxylic acids is 2. The maximum absolute atomic E-state index is 12.0. The third kappa shape index (κ3) is 12.3. The largest absolute Gasteiger partial charge is 0.490 e. The number of carbonyl (C=O) groups is 3. The summed E-state index contributed by atoms with van der Waals surface area (Å²) in [7, 11) is 0. The van der Waals surface area contributed by atoms with E-state index in [-0.39, 0.29) is 19.1 Å². The van der Waals surface area contributed by atoms with Crippen LogP contribution in [0.3, 0.4) is 0 Å². The summed E-state index contributed by atoms with van der Waals surface area (Å²) >= 11 is 0. The molecule has 0 saturated carbocycles. The van der Waals surface area contributed by atoms with Crippen LogP contribution in [0.1, 0.15) is 11.1 Å². The van der Waals surface area contributed by atoms with E-state index >= 15 is 0 Å². The molecule has 3 aromatic carbocycles. The molecule has 1 heterocycles. The third-order valence-corrected chi connectivity index (χ3v) is 5.73. The van der Waals surface area contributed by atoms with Crippen molar-refractivity contribution >= 4 is 17.8 Å². The first-order chi connectivity index (χ1) is 20.8. The van der Waals surface area contributed by atoms with Crippen LogP contribution in [-0.4, -0.2) is 78.7 Å². The fraction of sp³-hybridized carbons (Fsp3) is 0.300. The van der Waals surface area contributed by atoms with Gasteiger partial charge in [-0.05, 0) is 42.0 Å². The Morgan fingerprint density at radius 3 is 2.23 bits per heavy atom. The third-order valence-electron chi connectivity index (χ3n) is 5.73. The van der Waals surface area contributed by atoms with Crippen molar-refractivity contribution in [3.8, 4) is 23.0 Å². The van der Waals surface area contributed by atoms with Crippen LogP contribution in [0.25, 0.3) is 0 Å². The van der Waals surface area contributed by atoms with Gasteiger partial charge >= 0.3 is 11.9 Å². The number of hydrogen-bond acceptors (Lipinski definition) is 10. The second-order valence-corrected chi connectivity index (χ2v) is 9.05. The number of nitrogens with one attached hydrogen (secondary N) is 2. The highest BCUT2D eigenvalue weighted by molar-refractivity contribution is 6.27. The van der Waals surface area contributed by atoms with Gasteiger partial charge in [-0.25, -0.2) is 9.59 Å². The van der Waals surface area contributed by atoms with Crippen LogP contribution in [-0.2, 0) is 32.3 Å². The monoisotopic (exact) mass is 598 g/mol. The molecule has 4 rings (SSSR count). The van der Waals surface area contributed by atoms with Gasteiger partial charge in [-0.3, -0.25) is 4.79 Å². The Hall–Kier alpha value is -4.85. The van der Waals surface area contributed by atoms with E-state index in [0.717, 1.165) is 16.9 Å². The molecular weight excluding hydrogens is 564 g/mol. The van der Waals surface area contributed by atoms with Crippen LogP contribution >= 0.6 is 0 Å². The molecule has 0 spiro atoms. The summed E-state index contributed by atoms with van der Waals surface area (Å²) < 4.78 is 17.0. The summed E-state index contributed by atoms with van der Waals surface area (Å²) in [5.74, 6) is -1.24. The van der Waals surface area contributed by atoms with E-state index in [1.54, 1.807) is 12.1 Å². The van der Waals surface area contributed by atoms with Gasteiger partial charge in [0.2, 0.25) is 0 Å². The average molecular weight is 599 g/mol. The van der Waals surface area contributed by atoms with E-state index in [4.69, 9.17) is 43.8 Å². The molecule has 1 unspecified atom stereocenters. The van der Waals surface area contributed by atoms with Crippen molar-refractivity contribution in [3.05, 3.63) is 83.9 Å². The summed E-state index contributed by atoms with van der Waals surface area (Å²) in [4.78, 5) is 40.4. The molecule has 1 atom stereocenters. The van der Waals surface area contributed by atoms with Gasteiger partial charge in [-0.2, -0.15) is 4.89 Å². The number of benzene rings is 3. The Labute approximate surface area is 247 Å². The maximum atomic E-state index is 12.0. The van der Waals surface area contributed by atoms with Gasteiger partial charge in [0.25, 0.3) is 5.91 Å². The maximum Gasteiger partial charge on any atom is 0.414 e. The van der Waals surface area contributed by atoms with E-state index < -0.39 is 18.0 Å². The van der Waals surface area contributed by atoms with Crippen molar-refractivity contribution in [2.75, 3.05) is 39.5 Å². The Morgan fingerprint density at radius 2 is 1.53 bits per heavy atom. The van der Waals surface area contributed by atoms with Crippen LogP contribution in [0.15, 0.2) is 72.8 Å². The first-order valence-electron chi connectivity index (χ1n) is 13.4. The zero-order chi connectivity index (χ0) is 30.9. The molecule has 13 nitrogen and oxygen atoms in total. The van der Waals surface area contributed by atoms with Crippen molar-refractivity contribution < 1.29 is 53.7 Å². The number of fused-ring (bicyclic) bond motifs is 1. The number of rotatable bonds is 14. The highest BCUT2D eigenvalue weighted by Crippen LogP contribution is 2.31. The average Bonchev–Trinajstić information content (AvgIpc) is 3.03. The molecule has 1 aliphatic rings. The van der Waals surface area contributed by atoms with Crippen molar-refractivity contribution in [3.63, 3.8) is 0 Å². The fourth-order valence-electron chi connectivity index (χ4n) is 3.63. The molecule has 230 valence electrons. The first-order valence-corrected chi connectivity index (χ1v) is 13.4. The van der Waals surface area contributed by atoms with E-state index in [2.05, 4.69) is 10.6 Å². The van der Waals surface area contributed by atoms with Crippen molar-refractivity contribution in [2.24, 2.45) is 0 Å². The van der Waals surface area contributed by atoms with Crippen LogP contribution in [0.2, 0.25) is 0 Å². The molecule has 1 amide bonds. The Balaban J connectivity index is 0.000000765. The summed E-state index contributed by atoms with van der Waals surface area (Å²) in [6.07, 6.45) is -0.00659. The summed E-state index contributed by atoms with van der Waals surface area (Å²) in [5, 5.41) is 30.8. The zero-order valence-corrected chi connectivity index (χ0v) is 23.3. The highest BCUT2D eigenvalue weighted by Gasteiger charge is 2.17. The minimum atomic E-state index is -1.82. The highest BCUT2D eigenvalue weighted by atomic mass is 17.2. The van der Waals surface area contributed by atoms with E-state index in [1.807, 2.05) is 60.7 Å². The molecule has 3 aromatic rings. The molecule has 13 heteroatoms. The van der Waals surface area contributed by atoms with Crippen molar-refractivity contribution in [1.29, 1.82) is 0 Å². The van der Waals surface area contributed by atoms with Gasteiger partial charge in [-0.1, -0.05) is 36.4 Å². The van der Waals surface area contributed by atoms with Crippen LogP contribution < -0.4 is 29.7 Å². The fourth-order valence-corrected chi connectivity index (χ4v) is 3.63. The Kier molecular flexibility index (Phi) is 13.6. The van der Waals surface area contributed by atoms with Crippen molar-refractivity contribution in [2.45, 2.75) is 19.1 Å². The second-order valence-electron chi connectivity index (χ2n) is 9.05. The van der Waals surface area contributed by atoms with Crippen LogP contribution in [0.4, 0.5) is 0 Å². The number of carbonyl (C=O) groups excluding carboxylic acids is 1. The summed E-state index contributed by atoms with van der Waals surface area (Å²) in [5.41, 5.74) is 2.03. The first kappa shape index (κ1) is 32.7. The lowest BCUT2D eigenvalue weighted by Crippen LogP contribution is -2.38. The van der Waals surface area contributed by atoms with Gasteiger partial charge in [0.1, 0.15) is 36.6 Å². The number of aliphatic carboxylic acids is 2. The summed E-state index contributed by atoms with van der Waals surface area (Å²) in [6, 6.07) is 22.6. The quantitative estimate of drug-likeness (QED) is 0.103. The number of aliphatic hydroxyl groups excluding tert-OH is 1. The lowest BCUT2D eigenvalue weighted by Gasteiger charge is -2.20. The van der Waals surface area contributed by atoms with Crippen molar-refractivity contribution in [1.82, 2.24) is 10.6 Å². The second kappa shape index (κ2) is 17.9. The molecule has 0 fully saturated rings.